The van der Waals surface area contributed by atoms with Gasteiger partial charge in [0.1, 0.15) is 33.4 Å². The van der Waals surface area contributed by atoms with Crippen LogP contribution < -0.4 is 19.8 Å². The number of para-hydroxylation sites is 1. The lowest BCUT2D eigenvalue weighted by molar-refractivity contribution is -0.0417. The minimum atomic E-state index is -0.315. The van der Waals surface area contributed by atoms with Crippen LogP contribution in [0.4, 0.5) is 0 Å². The van der Waals surface area contributed by atoms with E-state index in [1.807, 2.05) is 48.5 Å². The van der Waals surface area contributed by atoms with Crippen molar-refractivity contribution in [2.24, 2.45) is 0 Å². The lowest BCUT2D eigenvalue weighted by Gasteiger charge is -2.32. The second kappa shape index (κ2) is 9.98. The molecule has 0 unspecified atom stereocenters. The molecular formula is C30H29N3O5S. The van der Waals surface area contributed by atoms with E-state index in [4.69, 9.17) is 28.9 Å². The molecule has 5 aromatic rings. The molecule has 8 nitrogen and oxygen atoms in total. The van der Waals surface area contributed by atoms with Crippen LogP contribution in [0.3, 0.4) is 0 Å². The average molecular weight is 544 g/mol. The normalized spacial score (nSPS) is 14.4. The number of rotatable bonds is 7. The Balaban J connectivity index is 1.47. The van der Waals surface area contributed by atoms with Crippen molar-refractivity contribution in [1.82, 2.24) is 14.5 Å². The van der Waals surface area contributed by atoms with E-state index in [2.05, 4.69) is 13.8 Å². The quantitative estimate of drug-likeness (QED) is 0.268. The third-order valence-electron chi connectivity index (χ3n) is 7.06. The van der Waals surface area contributed by atoms with Crippen molar-refractivity contribution in [3.8, 4) is 17.2 Å². The van der Waals surface area contributed by atoms with E-state index in [1.54, 1.807) is 25.1 Å². The molecule has 3 aromatic heterocycles. The van der Waals surface area contributed by atoms with E-state index in [1.165, 1.54) is 11.3 Å². The van der Waals surface area contributed by atoms with Gasteiger partial charge in [-0.1, -0.05) is 18.2 Å². The molecule has 0 amide bonds. The number of hydrogen-bond acceptors (Lipinski definition) is 8. The van der Waals surface area contributed by atoms with Crippen molar-refractivity contribution in [3.05, 3.63) is 87.6 Å². The first kappa shape index (κ1) is 25.3. The summed E-state index contributed by atoms with van der Waals surface area (Å²) in [4.78, 5) is 24.3. The molecule has 0 spiro atoms. The Kier molecular flexibility index (Phi) is 6.48. The van der Waals surface area contributed by atoms with Crippen molar-refractivity contribution in [1.29, 1.82) is 0 Å². The maximum Gasteiger partial charge on any atom is 0.271 e. The molecule has 9 heteroatoms. The average Bonchev–Trinajstić information content (AvgIpc) is 3.31. The van der Waals surface area contributed by atoms with Gasteiger partial charge in [-0.2, -0.15) is 0 Å². The highest BCUT2D eigenvalue weighted by Gasteiger charge is 2.31. The Morgan fingerprint density at radius 3 is 2.67 bits per heavy atom. The summed E-state index contributed by atoms with van der Waals surface area (Å²) >= 11 is 1.38. The van der Waals surface area contributed by atoms with Gasteiger partial charge in [-0.05, 0) is 38.1 Å². The fourth-order valence-electron chi connectivity index (χ4n) is 5.00. The zero-order valence-corrected chi connectivity index (χ0v) is 23.1. The number of pyridine rings is 1. The van der Waals surface area contributed by atoms with Crippen LogP contribution in [0.2, 0.25) is 0 Å². The van der Waals surface area contributed by atoms with Crippen LogP contribution in [0, 0.1) is 0 Å². The van der Waals surface area contributed by atoms with E-state index < -0.39 is 0 Å². The number of methoxy groups -OCH3 is 2. The molecule has 1 aliphatic rings. The fraction of sp³-hybridized carbons (Fsp3) is 0.300. The molecular weight excluding hydrogens is 514 g/mol. The summed E-state index contributed by atoms with van der Waals surface area (Å²) < 4.78 is 25.4. The monoisotopic (exact) mass is 543 g/mol. The Morgan fingerprint density at radius 2 is 1.90 bits per heavy atom. The van der Waals surface area contributed by atoms with E-state index >= 15 is 0 Å². The van der Waals surface area contributed by atoms with Crippen LogP contribution in [0.15, 0.2) is 59.7 Å². The Hall–Kier alpha value is -3.95. The largest absolute Gasteiger partial charge is 0.497 e. The van der Waals surface area contributed by atoms with Gasteiger partial charge >= 0.3 is 0 Å². The number of aromatic nitrogens is 3. The topological polar surface area (TPSA) is 84.7 Å². The van der Waals surface area contributed by atoms with Gasteiger partial charge in [-0.3, -0.25) is 9.36 Å². The first-order valence-electron chi connectivity index (χ1n) is 12.7. The van der Waals surface area contributed by atoms with Gasteiger partial charge in [-0.25, -0.2) is 9.97 Å². The minimum Gasteiger partial charge on any atom is -0.497 e. The molecule has 200 valence electrons. The van der Waals surface area contributed by atoms with Gasteiger partial charge in [-0.15, -0.1) is 11.3 Å². The zero-order valence-electron chi connectivity index (χ0n) is 22.3. The predicted molar refractivity (Wildman–Crippen MR) is 151 cm³/mol. The lowest BCUT2D eigenvalue weighted by atomic mass is 9.92. The van der Waals surface area contributed by atoms with E-state index in [0.717, 1.165) is 38.4 Å². The molecule has 0 fully saturated rings. The van der Waals surface area contributed by atoms with Crippen molar-refractivity contribution < 1.29 is 18.9 Å². The van der Waals surface area contributed by atoms with Gasteiger partial charge in [0.25, 0.3) is 5.56 Å². The van der Waals surface area contributed by atoms with E-state index in [0.29, 0.717) is 47.9 Å². The molecule has 0 bridgehead atoms. The summed E-state index contributed by atoms with van der Waals surface area (Å²) in [6.45, 7) is 5.22. The highest BCUT2D eigenvalue weighted by atomic mass is 32.1. The molecule has 2 aromatic carbocycles. The van der Waals surface area contributed by atoms with Crippen LogP contribution in [-0.2, 0) is 30.9 Å². The number of ether oxygens (including phenoxy) is 4. The van der Waals surface area contributed by atoms with Crippen LogP contribution in [0.5, 0.6) is 17.2 Å². The number of fused-ring (bicyclic) bond motifs is 4. The molecule has 6 rings (SSSR count). The summed E-state index contributed by atoms with van der Waals surface area (Å²) in [6.07, 6.45) is 2.28. The number of benzene rings is 2. The lowest BCUT2D eigenvalue weighted by Crippen LogP contribution is -2.33. The molecule has 0 saturated heterocycles. The first-order valence-corrected chi connectivity index (χ1v) is 13.5. The van der Waals surface area contributed by atoms with Crippen molar-refractivity contribution >= 4 is 31.8 Å². The number of hydrogen-bond donors (Lipinski definition) is 0. The highest BCUT2D eigenvalue weighted by molar-refractivity contribution is 7.25. The molecule has 0 atom stereocenters. The van der Waals surface area contributed by atoms with Gasteiger partial charge < -0.3 is 18.9 Å². The van der Waals surface area contributed by atoms with Gasteiger partial charge in [0.15, 0.2) is 0 Å². The van der Waals surface area contributed by atoms with Gasteiger partial charge in [0.2, 0.25) is 0 Å². The van der Waals surface area contributed by atoms with Gasteiger partial charge in [0.05, 0.1) is 50.5 Å². The minimum absolute atomic E-state index is 0.120. The molecule has 0 radical (unpaired) electrons. The Bertz CT molecular complexity index is 1740. The predicted octanol–water partition coefficient (Wildman–Crippen LogP) is 5.50. The van der Waals surface area contributed by atoms with Crippen LogP contribution >= 0.6 is 11.3 Å². The molecule has 0 aliphatic carbocycles. The smallest absolute Gasteiger partial charge is 0.271 e. The maximum absolute atomic E-state index is 13.7. The zero-order chi connectivity index (χ0) is 27.1. The standard InChI is InChI=1S/C30H29N3O5S/c1-30(2)13-23-21(16-38-30)22(15-37-19-8-6-5-7-9-19)25-26-27(39-28(25)32-23)29(34)33(17-31-26)14-18-10-11-20(35-3)12-24(18)36-4/h5-12,17H,13-16H2,1-4H3. The SMILES string of the molecule is COc1ccc(Cn2cnc3c(sc4nc5c(c(COc6ccccc6)c43)COC(C)(C)C5)c2=O)c(OC)c1. The molecule has 39 heavy (non-hydrogen) atoms. The van der Waals surface area contributed by atoms with Crippen molar-refractivity contribution in [2.75, 3.05) is 14.2 Å². The molecule has 1 aliphatic heterocycles. The molecule has 4 heterocycles. The number of thiophene rings is 1. The van der Waals surface area contributed by atoms with E-state index in [-0.39, 0.29) is 11.2 Å². The first-order chi connectivity index (χ1) is 18.9. The second-order valence-corrected chi connectivity index (χ2v) is 11.2. The maximum atomic E-state index is 13.7. The molecule has 0 saturated carbocycles. The second-order valence-electron chi connectivity index (χ2n) is 10.2. The number of nitrogens with zero attached hydrogens (tertiary/aromatic N) is 3. The van der Waals surface area contributed by atoms with Crippen molar-refractivity contribution in [3.63, 3.8) is 0 Å². The molecule has 0 N–H and O–H groups in total. The summed E-state index contributed by atoms with van der Waals surface area (Å²) in [5, 5.41) is 0.860. The summed E-state index contributed by atoms with van der Waals surface area (Å²) in [6, 6.07) is 15.3. The van der Waals surface area contributed by atoms with Gasteiger partial charge in [0, 0.05) is 34.6 Å². The summed E-state index contributed by atoms with van der Waals surface area (Å²) in [7, 11) is 3.21. The van der Waals surface area contributed by atoms with Crippen LogP contribution in [-0.4, -0.2) is 34.4 Å². The third kappa shape index (κ3) is 4.72. The Labute approximate surface area is 229 Å². The van der Waals surface area contributed by atoms with Crippen LogP contribution in [0.1, 0.15) is 36.2 Å². The summed E-state index contributed by atoms with van der Waals surface area (Å²) in [5.74, 6) is 2.11. The van der Waals surface area contributed by atoms with Crippen molar-refractivity contribution in [2.45, 2.75) is 45.6 Å². The third-order valence-corrected chi connectivity index (χ3v) is 8.12. The van der Waals surface area contributed by atoms with E-state index in [9.17, 15) is 4.79 Å². The highest BCUT2D eigenvalue weighted by Crippen LogP contribution is 2.39. The van der Waals surface area contributed by atoms with Crippen LogP contribution in [0.25, 0.3) is 20.4 Å². The Morgan fingerprint density at radius 1 is 1.08 bits per heavy atom. The fourth-order valence-corrected chi connectivity index (χ4v) is 6.13. The summed E-state index contributed by atoms with van der Waals surface area (Å²) in [5.41, 5.74) is 4.04.